The minimum Gasteiger partial charge on any atom is -0.326 e. The van der Waals surface area contributed by atoms with E-state index in [1.165, 1.54) is 6.07 Å². The van der Waals surface area contributed by atoms with Gasteiger partial charge >= 0.3 is 0 Å². The molecule has 0 aliphatic carbocycles. The molecule has 112 valence electrons. The molecule has 0 unspecified atom stereocenters. The molecule has 1 aromatic rings. The summed E-state index contributed by atoms with van der Waals surface area (Å²) < 4.78 is 13.5. The average molecular weight is 306 g/mol. The van der Waals surface area contributed by atoms with Gasteiger partial charge in [0.05, 0.1) is 12.1 Å². The highest BCUT2D eigenvalue weighted by atomic mass is 32.2. The molecule has 0 atom stereocenters. The molecule has 1 saturated heterocycles. The molecule has 3 nitrogen and oxygen atoms in total. The molecule has 1 aliphatic heterocycles. The van der Waals surface area contributed by atoms with Gasteiger partial charge in [-0.25, -0.2) is 4.39 Å². The fraction of sp³-hybridized carbons (Fsp3) is 0.438. The van der Waals surface area contributed by atoms with Gasteiger partial charge in [0.15, 0.2) is 0 Å². The first-order chi connectivity index (χ1) is 10.2. The summed E-state index contributed by atoms with van der Waals surface area (Å²) in [5.74, 6) is 7.58. The second kappa shape index (κ2) is 8.06. The summed E-state index contributed by atoms with van der Waals surface area (Å²) in [5, 5.41) is 2.82. The summed E-state index contributed by atoms with van der Waals surface area (Å²) in [4.78, 5) is 12.0. The van der Waals surface area contributed by atoms with Gasteiger partial charge in [-0.15, -0.1) is 0 Å². The average Bonchev–Trinajstić information content (AvgIpc) is 2.48. The Labute approximate surface area is 128 Å². The van der Waals surface area contributed by atoms with Crippen molar-refractivity contribution in [2.45, 2.75) is 19.3 Å². The molecule has 0 bridgehead atoms. The number of thioether (sulfide) groups is 1. The molecule has 0 radical (unpaired) electrons. The Morgan fingerprint density at radius 1 is 1.43 bits per heavy atom. The lowest BCUT2D eigenvalue weighted by Gasteiger charge is -2.20. The number of anilines is 1. The lowest BCUT2D eigenvalue weighted by molar-refractivity contribution is -0.117. The van der Waals surface area contributed by atoms with Crippen LogP contribution in [0.5, 0.6) is 0 Å². The van der Waals surface area contributed by atoms with Crippen LogP contribution in [0.15, 0.2) is 18.2 Å². The van der Waals surface area contributed by atoms with E-state index in [-0.39, 0.29) is 18.0 Å². The van der Waals surface area contributed by atoms with Crippen LogP contribution in [0.25, 0.3) is 0 Å². The van der Waals surface area contributed by atoms with E-state index in [0.29, 0.717) is 18.0 Å². The SMILES string of the molecule is NCC#Cc1cc(NC(=O)CC2CCSCC2)ccc1F. The summed E-state index contributed by atoms with van der Waals surface area (Å²) in [6.07, 6.45) is 2.71. The van der Waals surface area contributed by atoms with E-state index in [2.05, 4.69) is 17.2 Å². The number of carbonyl (C=O) groups is 1. The third-order valence-corrected chi connectivity index (χ3v) is 4.44. The zero-order valence-corrected chi connectivity index (χ0v) is 12.6. The Kier molecular flexibility index (Phi) is 6.09. The number of carbonyl (C=O) groups excluding carboxylic acids is 1. The van der Waals surface area contributed by atoms with Gasteiger partial charge in [-0.1, -0.05) is 11.8 Å². The Morgan fingerprint density at radius 2 is 2.19 bits per heavy atom. The standard InChI is InChI=1S/C16H19FN2OS/c17-15-4-3-14(11-13(15)2-1-7-18)19-16(20)10-12-5-8-21-9-6-12/h3-4,11-12H,5-10,18H2,(H,19,20). The molecule has 21 heavy (non-hydrogen) atoms. The maximum Gasteiger partial charge on any atom is 0.224 e. The first-order valence-corrected chi connectivity index (χ1v) is 8.20. The predicted molar refractivity (Wildman–Crippen MR) is 85.6 cm³/mol. The van der Waals surface area contributed by atoms with Crippen LogP contribution in [-0.4, -0.2) is 24.0 Å². The quantitative estimate of drug-likeness (QED) is 0.844. The number of hydrogen-bond acceptors (Lipinski definition) is 3. The lowest BCUT2D eigenvalue weighted by Crippen LogP contribution is -2.19. The van der Waals surface area contributed by atoms with E-state index in [1.54, 1.807) is 12.1 Å². The van der Waals surface area contributed by atoms with E-state index in [4.69, 9.17) is 5.73 Å². The van der Waals surface area contributed by atoms with E-state index in [9.17, 15) is 9.18 Å². The fourth-order valence-corrected chi connectivity index (χ4v) is 3.47. The number of amides is 1. The molecule has 0 saturated carbocycles. The minimum atomic E-state index is -0.404. The van der Waals surface area contributed by atoms with Crippen molar-refractivity contribution in [1.29, 1.82) is 0 Å². The molecule has 3 N–H and O–H groups in total. The zero-order chi connectivity index (χ0) is 15.1. The van der Waals surface area contributed by atoms with Crippen molar-refractivity contribution in [3.63, 3.8) is 0 Å². The first kappa shape index (κ1) is 15.9. The number of nitrogens with one attached hydrogen (secondary N) is 1. The van der Waals surface area contributed by atoms with Crippen LogP contribution < -0.4 is 11.1 Å². The van der Waals surface area contributed by atoms with Crippen LogP contribution in [0.2, 0.25) is 0 Å². The van der Waals surface area contributed by atoms with Gasteiger partial charge in [-0.2, -0.15) is 11.8 Å². The molecule has 0 aromatic heterocycles. The second-order valence-corrected chi connectivity index (χ2v) is 6.23. The van der Waals surface area contributed by atoms with Gasteiger partial charge in [-0.05, 0) is 48.5 Å². The number of nitrogens with two attached hydrogens (primary N) is 1. The van der Waals surface area contributed by atoms with Gasteiger partial charge in [0.1, 0.15) is 5.82 Å². The molecule has 1 aromatic carbocycles. The molecule has 1 aliphatic rings. The Hall–Kier alpha value is -1.51. The van der Waals surface area contributed by atoms with Crippen LogP contribution >= 0.6 is 11.8 Å². The predicted octanol–water partition coefficient (Wildman–Crippen LogP) is 2.61. The summed E-state index contributed by atoms with van der Waals surface area (Å²) in [6, 6.07) is 4.41. The molecular weight excluding hydrogens is 287 g/mol. The second-order valence-electron chi connectivity index (χ2n) is 5.01. The maximum atomic E-state index is 13.5. The molecule has 0 spiro atoms. The van der Waals surface area contributed by atoms with E-state index in [0.717, 1.165) is 24.3 Å². The smallest absolute Gasteiger partial charge is 0.224 e. The van der Waals surface area contributed by atoms with Crippen LogP contribution in [-0.2, 0) is 4.79 Å². The van der Waals surface area contributed by atoms with Crippen LogP contribution in [0.4, 0.5) is 10.1 Å². The zero-order valence-electron chi connectivity index (χ0n) is 11.8. The van der Waals surface area contributed by atoms with Crippen molar-refractivity contribution in [3.05, 3.63) is 29.6 Å². The Morgan fingerprint density at radius 3 is 2.90 bits per heavy atom. The van der Waals surface area contributed by atoms with Gasteiger partial charge in [0, 0.05) is 12.1 Å². The largest absolute Gasteiger partial charge is 0.326 e. The normalized spacial score (nSPS) is 15.1. The van der Waals surface area contributed by atoms with Crippen molar-refractivity contribution in [2.75, 3.05) is 23.4 Å². The van der Waals surface area contributed by atoms with Crippen molar-refractivity contribution < 1.29 is 9.18 Å². The Balaban J connectivity index is 1.96. The highest BCUT2D eigenvalue weighted by molar-refractivity contribution is 7.99. The number of halogens is 1. The maximum absolute atomic E-state index is 13.5. The number of benzene rings is 1. The third kappa shape index (κ3) is 5.07. The van der Waals surface area contributed by atoms with Crippen molar-refractivity contribution in [1.82, 2.24) is 0 Å². The van der Waals surface area contributed by atoms with Crippen molar-refractivity contribution >= 4 is 23.4 Å². The molecule has 1 heterocycles. The third-order valence-electron chi connectivity index (χ3n) is 3.39. The van der Waals surface area contributed by atoms with Crippen molar-refractivity contribution in [2.24, 2.45) is 11.7 Å². The van der Waals surface area contributed by atoms with E-state index >= 15 is 0 Å². The van der Waals surface area contributed by atoms with Gasteiger partial charge in [-0.3, -0.25) is 4.79 Å². The van der Waals surface area contributed by atoms with Crippen LogP contribution in [0.1, 0.15) is 24.8 Å². The molecule has 1 amide bonds. The highest BCUT2D eigenvalue weighted by Crippen LogP contribution is 2.25. The summed E-state index contributed by atoms with van der Waals surface area (Å²) in [5.41, 5.74) is 6.12. The highest BCUT2D eigenvalue weighted by Gasteiger charge is 2.17. The van der Waals surface area contributed by atoms with Gasteiger partial charge < -0.3 is 11.1 Å². The Bertz CT molecular complexity index is 559. The molecule has 2 rings (SSSR count). The monoisotopic (exact) mass is 306 g/mol. The van der Waals surface area contributed by atoms with E-state index < -0.39 is 5.82 Å². The first-order valence-electron chi connectivity index (χ1n) is 7.05. The van der Waals surface area contributed by atoms with Gasteiger partial charge in [0.25, 0.3) is 0 Å². The summed E-state index contributed by atoms with van der Waals surface area (Å²) in [6.45, 7) is 0.176. The van der Waals surface area contributed by atoms with Gasteiger partial charge in [0.2, 0.25) is 5.91 Å². The number of hydrogen-bond donors (Lipinski definition) is 2. The molecule has 1 fully saturated rings. The number of rotatable bonds is 3. The summed E-state index contributed by atoms with van der Waals surface area (Å²) in [7, 11) is 0. The fourth-order valence-electron chi connectivity index (χ4n) is 2.27. The van der Waals surface area contributed by atoms with Crippen LogP contribution in [0, 0.1) is 23.6 Å². The topological polar surface area (TPSA) is 55.1 Å². The molecule has 5 heteroatoms. The van der Waals surface area contributed by atoms with E-state index in [1.807, 2.05) is 11.8 Å². The lowest BCUT2D eigenvalue weighted by atomic mass is 9.98. The van der Waals surface area contributed by atoms with Crippen LogP contribution in [0.3, 0.4) is 0 Å². The molecular formula is C16H19FN2OS. The minimum absolute atomic E-state index is 0.0174. The van der Waals surface area contributed by atoms with Crippen molar-refractivity contribution in [3.8, 4) is 11.8 Å². The summed E-state index contributed by atoms with van der Waals surface area (Å²) >= 11 is 1.94.